The van der Waals surface area contributed by atoms with Crippen LogP contribution in [0.3, 0.4) is 0 Å². The molecular weight excluding hydrogens is 178 g/mol. The number of carbonyl (C=O) groups excluding carboxylic acids is 1. The molecule has 0 bridgehead atoms. The summed E-state index contributed by atoms with van der Waals surface area (Å²) in [4.78, 5) is 13.1. The molecule has 0 spiro atoms. The predicted octanol–water partition coefficient (Wildman–Crippen LogP) is 1.42. The number of piperidine rings is 1. The molecule has 2 fully saturated rings. The smallest absolute Gasteiger partial charge is 0.219 e. The lowest BCUT2D eigenvalue weighted by Gasteiger charge is -2.41. The molecule has 2 rings (SSSR count). The predicted molar refractivity (Wildman–Crippen MR) is 54.0 cm³/mol. The van der Waals surface area contributed by atoms with Crippen LogP contribution in [0.4, 0.5) is 0 Å². The van der Waals surface area contributed by atoms with Crippen LogP contribution in [0, 0.1) is 5.92 Å². The molecule has 1 heterocycles. The van der Waals surface area contributed by atoms with E-state index < -0.39 is 0 Å². The molecule has 0 radical (unpaired) electrons. The molecule has 0 aromatic carbocycles. The summed E-state index contributed by atoms with van der Waals surface area (Å²) in [6.45, 7) is 3.40. The van der Waals surface area contributed by atoms with Crippen LogP contribution in [0.25, 0.3) is 0 Å². The first kappa shape index (κ1) is 9.97. The molecule has 1 saturated heterocycles. The van der Waals surface area contributed by atoms with Crippen molar-refractivity contribution in [2.45, 2.75) is 38.2 Å². The third-order valence-electron chi connectivity index (χ3n) is 3.78. The topological polar surface area (TPSA) is 29.5 Å². The van der Waals surface area contributed by atoms with Gasteiger partial charge in [0.2, 0.25) is 5.91 Å². The van der Waals surface area contributed by atoms with Gasteiger partial charge in [0.15, 0.2) is 0 Å². The molecule has 3 nitrogen and oxygen atoms in total. The van der Waals surface area contributed by atoms with Gasteiger partial charge in [-0.25, -0.2) is 0 Å². The van der Waals surface area contributed by atoms with Crippen LogP contribution in [0.5, 0.6) is 0 Å². The summed E-state index contributed by atoms with van der Waals surface area (Å²) >= 11 is 0. The Labute approximate surface area is 85.4 Å². The maximum Gasteiger partial charge on any atom is 0.219 e. The first-order valence-electron chi connectivity index (χ1n) is 5.48. The third kappa shape index (κ3) is 1.65. The van der Waals surface area contributed by atoms with Crippen molar-refractivity contribution < 1.29 is 9.53 Å². The summed E-state index contributed by atoms with van der Waals surface area (Å²) in [6, 6.07) is 0. The first-order valence-corrected chi connectivity index (χ1v) is 5.48. The number of carbonyl (C=O) groups is 1. The monoisotopic (exact) mass is 197 g/mol. The fraction of sp³-hybridized carbons (Fsp3) is 0.909. The molecule has 2 aliphatic rings. The number of hydrogen-bond acceptors (Lipinski definition) is 2. The van der Waals surface area contributed by atoms with Crippen LogP contribution in [0.1, 0.15) is 32.6 Å². The second-order valence-corrected chi connectivity index (χ2v) is 4.55. The van der Waals surface area contributed by atoms with Crippen LogP contribution in [0.2, 0.25) is 0 Å². The van der Waals surface area contributed by atoms with Gasteiger partial charge in [-0.3, -0.25) is 4.79 Å². The Morgan fingerprint density at radius 2 is 1.93 bits per heavy atom. The summed E-state index contributed by atoms with van der Waals surface area (Å²) in [6.07, 6.45) is 4.67. The zero-order chi connectivity index (χ0) is 10.2. The van der Waals surface area contributed by atoms with E-state index in [1.165, 1.54) is 12.8 Å². The zero-order valence-corrected chi connectivity index (χ0v) is 9.08. The number of rotatable bonds is 2. The highest BCUT2D eigenvalue weighted by Gasteiger charge is 2.47. The minimum absolute atomic E-state index is 0.103. The summed E-state index contributed by atoms with van der Waals surface area (Å²) in [7, 11) is 1.82. The summed E-state index contributed by atoms with van der Waals surface area (Å²) in [5, 5.41) is 0. The van der Waals surface area contributed by atoms with E-state index in [1.807, 2.05) is 12.0 Å². The lowest BCUT2D eigenvalue weighted by atomic mass is 9.86. The first-order chi connectivity index (χ1) is 6.68. The standard InChI is InChI=1S/C11H19NO2/c1-9(13)12-7-5-11(14-2,6-8-12)10-3-4-10/h10H,3-8H2,1-2H3. The van der Waals surface area contributed by atoms with Crippen molar-refractivity contribution in [2.24, 2.45) is 5.92 Å². The summed E-state index contributed by atoms with van der Waals surface area (Å²) < 4.78 is 5.69. The maximum atomic E-state index is 11.2. The average Bonchev–Trinajstić information content (AvgIpc) is 3.01. The molecule has 14 heavy (non-hydrogen) atoms. The van der Waals surface area contributed by atoms with E-state index in [9.17, 15) is 4.79 Å². The van der Waals surface area contributed by atoms with E-state index >= 15 is 0 Å². The minimum Gasteiger partial charge on any atom is -0.378 e. The number of ether oxygens (including phenoxy) is 1. The van der Waals surface area contributed by atoms with Crippen LogP contribution in [-0.4, -0.2) is 36.6 Å². The Balaban J connectivity index is 1.95. The van der Waals surface area contributed by atoms with E-state index in [0.717, 1.165) is 31.8 Å². The largest absolute Gasteiger partial charge is 0.378 e. The highest BCUT2D eigenvalue weighted by atomic mass is 16.5. The van der Waals surface area contributed by atoms with Gasteiger partial charge in [-0.2, -0.15) is 0 Å². The summed E-state index contributed by atoms with van der Waals surface area (Å²) in [5.74, 6) is 0.965. The van der Waals surface area contributed by atoms with Crippen LogP contribution in [-0.2, 0) is 9.53 Å². The number of nitrogens with zero attached hydrogens (tertiary/aromatic N) is 1. The molecule has 3 heteroatoms. The Morgan fingerprint density at radius 1 is 1.36 bits per heavy atom. The second-order valence-electron chi connectivity index (χ2n) is 4.55. The van der Waals surface area contributed by atoms with Crippen molar-refractivity contribution in [2.75, 3.05) is 20.2 Å². The fourth-order valence-electron chi connectivity index (χ4n) is 2.59. The molecule has 80 valence electrons. The van der Waals surface area contributed by atoms with E-state index in [2.05, 4.69) is 0 Å². The second kappa shape index (κ2) is 3.54. The molecule has 0 aromatic rings. The van der Waals surface area contributed by atoms with Gasteiger partial charge in [-0.15, -0.1) is 0 Å². The number of likely N-dealkylation sites (tertiary alicyclic amines) is 1. The normalized spacial score (nSPS) is 26.3. The highest BCUT2D eigenvalue weighted by molar-refractivity contribution is 5.73. The van der Waals surface area contributed by atoms with Crippen molar-refractivity contribution in [3.8, 4) is 0 Å². The maximum absolute atomic E-state index is 11.2. The van der Waals surface area contributed by atoms with Crippen LogP contribution in [0.15, 0.2) is 0 Å². The number of amides is 1. The van der Waals surface area contributed by atoms with Gasteiger partial charge in [0.05, 0.1) is 5.60 Å². The summed E-state index contributed by atoms with van der Waals surface area (Å²) in [5.41, 5.74) is 0.103. The average molecular weight is 197 g/mol. The van der Waals surface area contributed by atoms with E-state index in [-0.39, 0.29) is 11.5 Å². The molecule has 0 unspecified atom stereocenters. The van der Waals surface area contributed by atoms with Crippen molar-refractivity contribution in [3.05, 3.63) is 0 Å². The molecule has 0 atom stereocenters. The van der Waals surface area contributed by atoms with Gasteiger partial charge < -0.3 is 9.64 Å². The molecule has 1 amide bonds. The lowest BCUT2D eigenvalue weighted by molar-refractivity contribution is -0.135. The van der Waals surface area contributed by atoms with E-state index in [0.29, 0.717) is 0 Å². The quantitative estimate of drug-likeness (QED) is 0.670. The molecule has 1 saturated carbocycles. The van der Waals surface area contributed by atoms with Crippen LogP contribution < -0.4 is 0 Å². The third-order valence-corrected chi connectivity index (χ3v) is 3.78. The van der Waals surface area contributed by atoms with Gasteiger partial charge in [0.25, 0.3) is 0 Å². The van der Waals surface area contributed by atoms with E-state index in [4.69, 9.17) is 4.74 Å². The van der Waals surface area contributed by atoms with Gasteiger partial charge in [-0.05, 0) is 31.6 Å². The molecule has 1 aliphatic carbocycles. The van der Waals surface area contributed by atoms with Gasteiger partial charge in [0.1, 0.15) is 0 Å². The number of methoxy groups -OCH3 is 1. The van der Waals surface area contributed by atoms with Gasteiger partial charge in [0, 0.05) is 27.1 Å². The zero-order valence-electron chi connectivity index (χ0n) is 9.08. The molecule has 0 N–H and O–H groups in total. The SMILES string of the molecule is COC1(C2CC2)CCN(C(C)=O)CC1. The van der Waals surface area contributed by atoms with Gasteiger partial charge >= 0.3 is 0 Å². The lowest BCUT2D eigenvalue weighted by Crippen LogP contribution is -2.48. The molecular formula is C11H19NO2. The Morgan fingerprint density at radius 3 is 2.29 bits per heavy atom. The van der Waals surface area contributed by atoms with Crippen molar-refractivity contribution in [3.63, 3.8) is 0 Å². The molecule has 1 aliphatic heterocycles. The Kier molecular flexibility index (Phi) is 2.52. The van der Waals surface area contributed by atoms with Crippen LogP contribution >= 0.6 is 0 Å². The molecule has 0 aromatic heterocycles. The fourth-order valence-corrected chi connectivity index (χ4v) is 2.59. The van der Waals surface area contributed by atoms with Crippen molar-refractivity contribution in [1.29, 1.82) is 0 Å². The Bertz CT molecular complexity index is 227. The highest BCUT2D eigenvalue weighted by Crippen LogP contribution is 2.47. The van der Waals surface area contributed by atoms with Gasteiger partial charge in [-0.1, -0.05) is 0 Å². The van der Waals surface area contributed by atoms with E-state index in [1.54, 1.807) is 6.92 Å². The van der Waals surface area contributed by atoms with Crippen molar-refractivity contribution in [1.82, 2.24) is 4.90 Å². The van der Waals surface area contributed by atoms with Crippen molar-refractivity contribution >= 4 is 5.91 Å². The minimum atomic E-state index is 0.103. The Hall–Kier alpha value is -0.570. The number of hydrogen-bond donors (Lipinski definition) is 0.